The van der Waals surface area contributed by atoms with Gasteiger partial charge in [0.05, 0.1) is 11.2 Å². The van der Waals surface area contributed by atoms with Crippen molar-refractivity contribution in [3.8, 4) is 0 Å². The van der Waals surface area contributed by atoms with Gasteiger partial charge in [-0.05, 0) is 65.6 Å². The Morgan fingerprint density at radius 3 is 2.33 bits per heavy atom. The maximum Gasteiger partial charge on any atom is 0.320 e. The van der Waals surface area contributed by atoms with Crippen molar-refractivity contribution in [1.29, 1.82) is 0 Å². The Labute approximate surface area is 165 Å². The lowest BCUT2D eigenvalue weighted by atomic mass is 9.92. The molecule has 0 atom stereocenters. The molecule has 1 saturated heterocycles. The summed E-state index contributed by atoms with van der Waals surface area (Å²) >= 11 is 0. The van der Waals surface area contributed by atoms with E-state index in [4.69, 9.17) is 5.10 Å². The molecule has 0 aromatic carbocycles. The molecule has 0 spiro atoms. The SMILES string of the molecule is CCCN1CCC(CNC(=O)Nc2cc(C(C)(C)C)nn2C(C)(C)C)CC1. The highest BCUT2D eigenvalue weighted by Gasteiger charge is 2.26. The molecule has 6 nitrogen and oxygen atoms in total. The van der Waals surface area contributed by atoms with E-state index < -0.39 is 0 Å². The fourth-order valence-electron chi connectivity index (χ4n) is 3.48. The van der Waals surface area contributed by atoms with Crippen LogP contribution in [0.25, 0.3) is 0 Å². The fraction of sp³-hybridized carbons (Fsp3) is 0.810. The van der Waals surface area contributed by atoms with Crippen molar-refractivity contribution in [3.63, 3.8) is 0 Å². The van der Waals surface area contributed by atoms with Crippen LogP contribution in [0.1, 0.15) is 73.4 Å². The summed E-state index contributed by atoms with van der Waals surface area (Å²) in [7, 11) is 0. The average molecular weight is 378 g/mol. The number of likely N-dealkylation sites (tertiary alicyclic amines) is 1. The van der Waals surface area contributed by atoms with E-state index in [0.29, 0.717) is 5.92 Å². The number of aromatic nitrogens is 2. The van der Waals surface area contributed by atoms with Crippen LogP contribution in [0, 0.1) is 5.92 Å². The van der Waals surface area contributed by atoms with Gasteiger partial charge in [0.25, 0.3) is 0 Å². The van der Waals surface area contributed by atoms with Gasteiger partial charge < -0.3 is 10.2 Å². The van der Waals surface area contributed by atoms with E-state index in [1.54, 1.807) is 0 Å². The number of amides is 2. The van der Waals surface area contributed by atoms with Gasteiger partial charge in [-0.25, -0.2) is 9.48 Å². The molecule has 0 aliphatic carbocycles. The first-order valence-electron chi connectivity index (χ1n) is 10.4. The second kappa shape index (κ2) is 8.63. The summed E-state index contributed by atoms with van der Waals surface area (Å²) in [5, 5.41) is 10.8. The van der Waals surface area contributed by atoms with Crippen LogP contribution in [0.3, 0.4) is 0 Å². The van der Waals surface area contributed by atoms with E-state index in [2.05, 4.69) is 64.0 Å². The summed E-state index contributed by atoms with van der Waals surface area (Å²) in [5.74, 6) is 1.32. The second-order valence-corrected chi connectivity index (χ2v) is 9.87. The van der Waals surface area contributed by atoms with Gasteiger partial charge in [0.1, 0.15) is 5.82 Å². The van der Waals surface area contributed by atoms with Gasteiger partial charge in [0.15, 0.2) is 0 Å². The van der Waals surface area contributed by atoms with E-state index in [1.165, 1.54) is 13.0 Å². The van der Waals surface area contributed by atoms with E-state index in [1.807, 2.05) is 10.7 Å². The fourth-order valence-corrected chi connectivity index (χ4v) is 3.48. The van der Waals surface area contributed by atoms with Crippen molar-refractivity contribution < 1.29 is 4.79 Å². The Morgan fingerprint density at radius 2 is 1.81 bits per heavy atom. The van der Waals surface area contributed by atoms with Crippen LogP contribution >= 0.6 is 0 Å². The predicted octanol–water partition coefficient (Wildman–Crippen LogP) is 4.18. The van der Waals surface area contributed by atoms with Gasteiger partial charge in [-0.2, -0.15) is 5.10 Å². The van der Waals surface area contributed by atoms with Crippen molar-refractivity contribution in [2.75, 3.05) is 31.5 Å². The molecule has 0 bridgehead atoms. The molecule has 1 aromatic rings. The zero-order valence-electron chi connectivity index (χ0n) is 18.4. The molecule has 6 heteroatoms. The van der Waals surface area contributed by atoms with Crippen molar-refractivity contribution in [1.82, 2.24) is 20.0 Å². The lowest BCUT2D eigenvalue weighted by molar-refractivity contribution is 0.182. The molecular weight excluding hydrogens is 338 g/mol. The van der Waals surface area contributed by atoms with Crippen molar-refractivity contribution in [2.45, 2.75) is 78.7 Å². The monoisotopic (exact) mass is 377 g/mol. The minimum absolute atomic E-state index is 0.0597. The van der Waals surface area contributed by atoms with Gasteiger partial charge >= 0.3 is 6.03 Å². The van der Waals surface area contributed by atoms with Crippen LogP contribution in [0.5, 0.6) is 0 Å². The zero-order chi connectivity index (χ0) is 20.2. The normalized spacial score (nSPS) is 17.1. The van der Waals surface area contributed by atoms with Crippen molar-refractivity contribution in [3.05, 3.63) is 11.8 Å². The van der Waals surface area contributed by atoms with Crippen molar-refractivity contribution in [2.24, 2.45) is 5.92 Å². The quantitative estimate of drug-likeness (QED) is 0.809. The molecule has 0 unspecified atom stereocenters. The van der Waals surface area contributed by atoms with Crippen LogP contribution in [-0.2, 0) is 11.0 Å². The third kappa shape index (κ3) is 6.23. The highest BCUT2D eigenvalue weighted by Crippen LogP contribution is 2.28. The number of nitrogens with one attached hydrogen (secondary N) is 2. The van der Waals surface area contributed by atoms with Crippen LogP contribution < -0.4 is 10.6 Å². The number of anilines is 1. The molecule has 1 aromatic heterocycles. The Bertz CT molecular complexity index is 615. The van der Waals surface area contributed by atoms with Crippen LogP contribution in [0.15, 0.2) is 6.07 Å². The zero-order valence-corrected chi connectivity index (χ0v) is 18.4. The molecule has 0 saturated carbocycles. The molecule has 154 valence electrons. The summed E-state index contributed by atoms with van der Waals surface area (Å²) in [6, 6.07) is 1.85. The third-order valence-corrected chi connectivity index (χ3v) is 5.15. The Kier molecular flexibility index (Phi) is 6.95. The smallest absolute Gasteiger partial charge is 0.320 e. The van der Waals surface area contributed by atoms with E-state index >= 15 is 0 Å². The number of carbonyl (C=O) groups excluding carboxylic acids is 1. The molecule has 2 N–H and O–H groups in total. The maximum absolute atomic E-state index is 12.5. The molecule has 0 radical (unpaired) electrons. The van der Waals surface area contributed by atoms with E-state index in [-0.39, 0.29) is 17.0 Å². The molecule has 2 heterocycles. The highest BCUT2D eigenvalue weighted by atomic mass is 16.2. The first-order chi connectivity index (χ1) is 12.5. The van der Waals surface area contributed by atoms with Crippen LogP contribution in [-0.4, -0.2) is 46.9 Å². The van der Waals surface area contributed by atoms with E-state index in [0.717, 1.165) is 44.0 Å². The maximum atomic E-state index is 12.5. The number of hydrogen-bond acceptors (Lipinski definition) is 3. The second-order valence-electron chi connectivity index (χ2n) is 9.87. The number of urea groups is 1. The molecule has 1 aliphatic rings. The first kappa shape index (κ1) is 21.7. The predicted molar refractivity (Wildman–Crippen MR) is 112 cm³/mol. The molecule has 1 fully saturated rings. The minimum atomic E-state index is -0.196. The summed E-state index contributed by atoms with van der Waals surface area (Å²) in [6.07, 6.45) is 3.53. The lowest BCUT2D eigenvalue weighted by Gasteiger charge is -2.31. The minimum Gasteiger partial charge on any atom is -0.338 e. The number of hydrogen-bond donors (Lipinski definition) is 2. The van der Waals surface area contributed by atoms with Crippen LogP contribution in [0.2, 0.25) is 0 Å². The van der Waals surface area contributed by atoms with Gasteiger partial charge in [0.2, 0.25) is 0 Å². The summed E-state index contributed by atoms with van der Waals surface area (Å²) in [5.41, 5.74) is 0.727. The summed E-state index contributed by atoms with van der Waals surface area (Å²) < 4.78 is 1.91. The number of carbonyl (C=O) groups is 1. The number of nitrogens with zero attached hydrogens (tertiary/aromatic N) is 3. The van der Waals surface area contributed by atoms with Crippen LogP contribution in [0.4, 0.5) is 10.6 Å². The summed E-state index contributed by atoms with van der Waals surface area (Å²) in [4.78, 5) is 15.0. The molecular formula is C21H39N5O. The topological polar surface area (TPSA) is 62.2 Å². The summed E-state index contributed by atoms with van der Waals surface area (Å²) in [6.45, 7) is 19.1. The highest BCUT2D eigenvalue weighted by molar-refractivity contribution is 5.88. The van der Waals surface area contributed by atoms with Gasteiger partial charge in [0, 0.05) is 18.0 Å². The third-order valence-electron chi connectivity index (χ3n) is 5.15. The first-order valence-corrected chi connectivity index (χ1v) is 10.4. The van der Waals surface area contributed by atoms with Gasteiger partial charge in [-0.15, -0.1) is 0 Å². The molecule has 2 rings (SSSR count). The number of piperidine rings is 1. The Balaban J connectivity index is 1.93. The van der Waals surface area contributed by atoms with Gasteiger partial charge in [-0.1, -0.05) is 27.7 Å². The largest absolute Gasteiger partial charge is 0.338 e. The standard InChI is InChI=1S/C21H39N5O/c1-8-11-25-12-9-16(10-13-25)15-22-19(27)23-18-14-17(20(2,3)4)24-26(18)21(5,6)7/h14,16H,8-13,15H2,1-7H3,(H2,22,23,27). The van der Waals surface area contributed by atoms with Crippen molar-refractivity contribution >= 4 is 11.8 Å². The average Bonchev–Trinajstić information content (AvgIpc) is 2.99. The lowest BCUT2D eigenvalue weighted by Crippen LogP contribution is -2.40. The molecule has 2 amide bonds. The van der Waals surface area contributed by atoms with E-state index in [9.17, 15) is 4.79 Å². The Morgan fingerprint density at radius 1 is 1.19 bits per heavy atom. The molecule has 1 aliphatic heterocycles. The Hall–Kier alpha value is -1.56. The molecule has 27 heavy (non-hydrogen) atoms. The van der Waals surface area contributed by atoms with Gasteiger partial charge in [-0.3, -0.25) is 5.32 Å². The number of rotatable bonds is 5.